The smallest absolute Gasteiger partial charge is 0.157 e. The molecule has 108 valence electrons. The summed E-state index contributed by atoms with van der Waals surface area (Å²) in [7, 11) is 2.02. The molecule has 0 aromatic carbocycles. The number of fused-ring (bicyclic) bond motifs is 1. The van der Waals surface area contributed by atoms with E-state index >= 15 is 0 Å². The van der Waals surface area contributed by atoms with E-state index in [4.69, 9.17) is 5.73 Å². The summed E-state index contributed by atoms with van der Waals surface area (Å²) in [5, 5.41) is 0. The lowest BCUT2D eigenvalue weighted by atomic mass is 9.94. The van der Waals surface area contributed by atoms with Gasteiger partial charge in [0.2, 0.25) is 0 Å². The molecule has 5 nitrogen and oxygen atoms in total. The third kappa shape index (κ3) is 2.38. The zero-order valence-electron chi connectivity index (χ0n) is 12.1. The molecule has 2 aromatic heterocycles. The van der Waals surface area contributed by atoms with Gasteiger partial charge in [-0.3, -0.25) is 0 Å². The second kappa shape index (κ2) is 5.79. The Morgan fingerprint density at radius 1 is 1.30 bits per heavy atom. The van der Waals surface area contributed by atoms with Gasteiger partial charge in [0, 0.05) is 32.4 Å². The van der Waals surface area contributed by atoms with E-state index in [0.717, 1.165) is 23.4 Å². The lowest BCUT2D eigenvalue weighted by Gasteiger charge is -2.35. The average Bonchev–Trinajstić information content (AvgIpc) is 2.88. The fourth-order valence-corrected chi connectivity index (χ4v) is 3.25. The number of aryl methyl sites for hydroxylation is 1. The van der Waals surface area contributed by atoms with Gasteiger partial charge in [-0.15, -0.1) is 0 Å². The molecule has 0 spiro atoms. The predicted octanol–water partition coefficient (Wildman–Crippen LogP) is 2.07. The van der Waals surface area contributed by atoms with Crippen LogP contribution in [-0.2, 0) is 7.05 Å². The van der Waals surface area contributed by atoms with E-state index < -0.39 is 0 Å². The summed E-state index contributed by atoms with van der Waals surface area (Å²) in [4.78, 5) is 11.5. The van der Waals surface area contributed by atoms with Crippen molar-refractivity contribution >= 4 is 16.9 Å². The Kier molecular flexibility index (Phi) is 3.87. The molecule has 3 rings (SSSR count). The molecular formula is C15H23N5. The Balaban J connectivity index is 2.00. The van der Waals surface area contributed by atoms with Gasteiger partial charge in [0.25, 0.3) is 0 Å². The van der Waals surface area contributed by atoms with Gasteiger partial charge >= 0.3 is 0 Å². The zero-order valence-corrected chi connectivity index (χ0v) is 12.1. The van der Waals surface area contributed by atoms with Crippen molar-refractivity contribution in [2.45, 2.75) is 38.1 Å². The maximum absolute atomic E-state index is 5.83. The highest BCUT2D eigenvalue weighted by atomic mass is 15.2. The Labute approximate surface area is 119 Å². The summed E-state index contributed by atoms with van der Waals surface area (Å²) in [6.45, 7) is 1.51. The van der Waals surface area contributed by atoms with Crippen LogP contribution in [0.4, 0.5) is 5.82 Å². The highest BCUT2D eigenvalue weighted by Crippen LogP contribution is 2.29. The number of pyridine rings is 1. The highest BCUT2D eigenvalue weighted by Gasteiger charge is 2.24. The largest absolute Gasteiger partial charge is 0.351 e. The molecule has 2 heterocycles. The minimum absolute atomic E-state index is 0.562. The Morgan fingerprint density at radius 3 is 2.85 bits per heavy atom. The number of nitrogens with zero attached hydrogens (tertiary/aromatic N) is 4. The van der Waals surface area contributed by atoms with E-state index in [1.165, 1.54) is 32.1 Å². The van der Waals surface area contributed by atoms with Crippen molar-refractivity contribution in [1.82, 2.24) is 14.5 Å². The number of aromatic nitrogens is 3. The fraction of sp³-hybridized carbons (Fsp3) is 0.600. The van der Waals surface area contributed by atoms with Crippen molar-refractivity contribution in [1.29, 1.82) is 0 Å². The number of nitrogens with two attached hydrogens (primary N) is 1. The second-order valence-corrected chi connectivity index (χ2v) is 5.63. The first-order chi connectivity index (χ1) is 9.81. The van der Waals surface area contributed by atoms with Crippen LogP contribution in [0.25, 0.3) is 11.0 Å². The van der Waals surface area contributed by atoms with Gasteiger partial charge in [-0.2, -0.15) is 0 Å². The van der Waals surface area contributed by atoms with E-state index in [9.17, 15) is 0 Å². The molecule has 1 saturated carbocycles. The number of hydrogen-bond acceptors (Lipinski definition) is 4. The van der Waals surface area contributed by atoms with Crippen LogP contribution in [0.3, 0.4) is 0 Å². The minimum atomic E-state index is 0.562. The Bertz CT molecular complexity index is 571. The van der Waals surface area contributed by atoms with Crippen LogP contribution in [-0.4, -0.2) is 33.7 Å². The summed E-state index contributed by atoms with van der Waals surface area (Å²) in [5.74, 6) is 1.00. The van der Waals surface area contributed by atoms with Crippen LogP contribution in [0.2, 0.25) is 0 Å². The first-order valence-corrected chi connectivity index (χ1v) is 7.54. The molecule has 5 heteroatoms. The number of rotatable bonds is 4. The molecule has 0 radical (unpaired) electrons. The molecule has 2 aromatic rings. The number of hydrogen-bond donors (Lipinski definition) is 1. The van der Waals surface area contributed by atoms with E-state index in [1.807, 2.05) is 30.2 Å². The molecule has 0 atom stereocenters. The van der Waals surface area contributed by atoms with Crippen LogP contribution in [0.1, 0.15) is 32.1 Å². The van der Waals surface area contributed by atoms with Crippen LogP contribution >= 0.6 is 0 Å². The molecule has 0 unspecified atom stereocenters. The van der Waals surface area contributed by atoms with Gasteiger partial charge < -0.3 is 15.2 Å². The predicted molar refractivity (Wildman–Crippen MR) is 81.8 cm³/mol. The number of imidazole rings is 1. The van der Waals surface area contributed by atoms with Crippen LogP contribution in [0, 0.1) is 0 Å². The summed E-state index contributed by atoms with van der Waals surface area (Å²) in [6.07, 6.45) is 10.2. The maximum atomic E-state index is 5.83. The monoisotopic (exact) mass is 273 g/mol. The molecule has 0 bridgehead atoms. The quantitative estimate of drug-likeness (QED) is 0.926. The first kappa shape index (κ1) is 13.4. The summed E-state index contributed by atoms with van der Waals surface area (Å²) in [6, 6.07) is 2.58. The molecule has 2 N–H and O–H groups in total. The standard InChI is InChI=1S/C15H23N5/c1-19-11-18-14-13(19)7-9-17-15(14)20(10-8-16)12-5-3-2-4-6-12/h7,9,11-12H,2-6,8,10,16H2,1H3. The van der Waals surface area contributed by atoms with Crippen LogP contribution in [0.15, 0.2) is 18.6 Å². The molecule has 1 fully saturated rings. The van der Waals surface area contributed by atoms with E-state index in [2.05, 4.69) is 14.9 Å². The first-order valence-electron chi connectivity index (χ1n) is 7.54. The highest BCUT2D eigenvalue weighted by molar-refractivity contribution is 5.86. The lowest BCUT2D eigenvalue weighted by molar-refractivity contribution is 0.414. The second-order valence-electron chi connectivity index (χ2n) is 5.63. The Hall–Kier alpha value is -1.62. The van der Waals surface area contributed by atoms with Gasteiger partial charge in [0.15, 0.2) is 5.82 Å². The third-order valence-electron chi connectivity index (χ3n) is 4.28. The van der Waals surface area contributed by atoms with Crippen LogP contribution in [0.5, 0.6) is 0 Å². The molecule has 20 heavy (non-hydrogen) atoms. The van der Waals surface area contributed by atoms with Crippen LogP contribution < -0.4 is 10.6 Å². The molecule has 0 saturated heterocycles. The molecule has 0 aliphatic heterocycles. The third-order valence-corrected chi connectivity index (χ3v) is 4.28. The summed E-state index contributed by atoms with van der Waals surface area (Å²) >= 11 is 0. The summed E-state index contributed by atoms with van der Waals surface area (Å²) in [5.41, 5.74) is 7.95. The maximum Gasteiger partial charge on any atom is 0.157 e. The SMILES string of the molecule is Cn1cnc2c(N(CCN)C3CCCCC3)nccc21. The number of anilines is 1. The van der Waals surface area contributed by atoms with Gasteiger partial charge in [0.05, 0.1) is 11.8 Å². The van der Waals surface area contributed by atoms with Gasteiger partial charge in [-0.25, -0.2) is 9.97 Å². The van der Waals surface area contributed by atoms with Crippen molar-refractivity contribution in [3.05, 3.63) is 18.6 Å². The lowest BCUT2D eigenvalue weighted by Crippen LogP contribution is -2.40. The van der Waals surface area contributed by atoms with Crippen molar-refractivity contribution in [3.63, 3.8) is 0 Å². The van der Waals surface area contributed by atoms with Gasteiger partial charge in [0.1, 0.15) is 5.52 Å². The summed E-state index contributed by atoms with van der Waals surface area (Å²) < 4.78 is 2.04. The van der Waals surface area contributed by atoms with Crippen molar-refractivity contribution in [3.8, 4) is 0 Å². The molecule has 0 amide bonds. The van der Waals surface area contributed by atoms with Crippen molar-refractivity contribution < 1.29 is 0 Å². The fourth-order valence-electron chi connectivity index (χ4n) is 3.25. The molecular weight excluding hydrogens is 250 g/mol. The molecule has 1 aliphatic rings. The van der Waals surface area contributed by atoms with Crippen molar-refractivity contribution in [2.75, 3.05) is 18.0 Å². The zero-order chi connectivity index (χ0) is 13.9. The average molecular weight is 273 g/mol. The normalized spacial score (nSPS) is 16.7. The van der Waals surface area contributed by atoms with E-state index in [0.29, 0.717) is 12.6 Å². The van der Waals surface area contributed by atoms with E-state index in [1.54, 1.807) is 0 Å². The van der Waals surface area contributed by atoms with Gasteiger partial charge in [-0.1, -0.05) is 19.3 Å². The topological polar surface area (TPSA) is 60.0 Å². The van der Waals surface area contributed by atoms with Gasteiger partial charge in [-0.05, 0) is 18.9 Å². The minimum Gasteiger partial charge on any atom is -0.351 e. The molecule has 1 aliphatic carbocycles. The van der Waals surface area contributed by atoms with Crippen molar-refractivity contribution in [2.24, 2.45) is 12.8 Å². The van der Waals surface area contributed by atoms with E-state index in [-0.39, 0.29) is 0 Å². The Morgan fingerprint density at radius 2 is 2.10 bits per heavy atom.